The van der Waals surface area contributed by atoms with Crippen LogP contribution in [0.15, 0.2) is 36.4 Å². The molecule has 0 aromatic heterocycles. The molecule has 1 aliphatic heterocycles. The molecule has 112 valence electrons. The van der Waals surface area contributed by atoms with E-state index in [2.05, 4.69) is 43.4 Å². The Labute approximate surface area is 131 Å². The summed E-state index contributed by atoms with van der Waals surface area (Å²) in [7, 11) is 0. The predicted molar refractivity (Wildman–Crippen MR) is 86.8 cm³/mol. The van der Waals surface area contributed by atoms with Gasteiger partial charge in [0.15, 0.2) is 0 Å². The van der Waals surface area contributed by atoms with Crippen molar-refractivity contribution in [2.75, 3.05) is 6.61 Å². The van der Waals surface area contributed by atoms with Gasteiger partial charge in [-0.05, 0) is 37.1 Å². The van der Waals surface area contributed by atoms with Crippen molar-refractivity contribution in [3.8, 4) is 11.8 Å². The van der Waals surface area contributed by atoms with Gasteiger partial charge in [-0.3, -0.25) is 0 Å². The summed E-state index contributed by atoms with van der Waals surface area (Å²) >= 11 is 0. The molecule has 0 amide bonds. The molecule has 0 spiro atoms. The van der Waals surface area contributed by atoms with Crippen LogP contribution in [-0.2, 0) is 6.54 Å². The van der Waals surface area contributed by atoms with Gasteiger partial charge in [-0.2, -0.15) is 5.26 Å². The lowest BCUT2D eigenvalue weighted by atomic mass is 9.95. The molecule has 0 fully saturated rings. The highest BCUT2D eigenvalue weighted by Crippen LogP contribution is 2.35. The Morgan fingerprint density at radius 3 is 2.95 bits per heavy atom. The maximum Gasteiger partial charge on any atom is 0.126 e. The van der Waals surface area contributed by atoms with E-state index in [0.717, 1.165) is 30.9 Å². The van der Waals surface area contributed by atoms with Crippen molar-refractivity contribution < 1.29 is 4.74 Å². The molecular weight excluding hydrogens is 272 g/mol. The number of ether oxygens (including phenoxy) is 1. The SMILES string of the molecule is Cc1cc(C)c2c(c1)[C@H](NCc1cccc(C#N)c1)CCO2. The average Bonchev–Trinajstić information content (AvgIpc) is 2.53. The van der Waals surface area contributed by atoms with Crippen LogP contribution < -0.4 is 10.1 Å². The predicted octanol–water partition coefficient (Wildman–Crippen LogP) is 3.79. The van der Waals surface area contributed by atoms with Gasteiger partial charge in [0.2, 0.25) is 0 Å². The summed E-state index contributed by atoms with van der Waals surface area (Å²) in [6.45, 7) is 5.72. The van der Waals surface area contributed by atoms with Crippen LogP contribution in [0.2, 0.25) is 0 Å². The Hall–Kier alpha value is -2.31. The van der Waals surface area contributed by atoms with Gasteiger partial charge in [0.05, 0.1) is 18.2 Å². The Morgan fingerprint density at radius 2 is 2.14 bits per heavy atom. The van der Waals surface area contributed by atoms with Gasteiger partial charge in [-0.25, -0.2) is 0 Å². The number of rotatable bonds is 3. The molecule has 1 N–H and O–H groups in total. The minimum absolute atomic E-state index is 0.299. The van der Waals surface area contributed by atoms with Crippen LogP contribution in [0.5, 0.6) is 5.75 Å². The van der Waals surface area contributed by atoms with Gasteiger partial charge in [-0.1, -0.05) is 29.8 Å². The summed E-state index contributed by atoms with van der Waals surface area (Å²) in [5.74, 6) is 1.03. The minimum atomic E-state index is 0.299. The van der Waals surface area contributed by atoms with E-state index < -0.39 is 0 Å². The first-order valence-electron chi connectivity index (χ1n) is 7.64. The fraction of sp³-hybridized carbons (Fsp3) is 0.316. The van der Waals surface area contributed by atoms with Crippen LogP contribution in [-0.4, -0.2) is 6.61 Å². The zero-order valence-electron chi connectivity index (χ0n) is 13.0. The van der Waals surface area contributed by atoms with Crippen LogP contribution >= 0.6 is 0 Å². The monoisotopic (exact) mass is 292 g/mol. The first-order chi connectivity index (χ1) is 10.7. The van der Waals surface area contributed by atoms with Crippen molar-refractivity contribution in [3.05, 3.63) is 64.2 Å². The third kappa shape index (κ3) is 2.98. The van der Waals surface area contributed by atoms with E-state index in [1.165, 1.54) is 16.7 Å². The van der Waals surface area contributed by atoms with E-state index in [1.807, 2.05) is 18.2 Å². The molecule has 0 aliphatic carbocycles. The second-order valence-corrected chi connectivity index (χ2v) is 5.88. The third-order valence-electron chi connectivity index (χ3n) is 4.08. The van der Waals surface area contributed by atoms with Gasteiger partial charge in [0.25, 0.3) is 0 Å². The van der Waals surface area contributed by atoms with Crippen molar-refractivity contribution in [1.29, 1.82) is 5.26 Å². The number of aryl methyl sites for hydroxylation is 2. The van der Waals surface area contributed by atoms with Gasteiger partial charge in [-0.15, -0.1) is 0 Å². The van der Waals surface area contributed by atoms with Gasteiger partial charge in [0.1, 0.15) is 5.75 Å². The number of fused-ring (bicyclic) bond motifs is 1. The normalized spacial score (nSPS) is 16.5. The van der Waals surface area contributed by atoms with E-state index in [1.54, 1.807) is 0 Å². The summed E-state index contributed by atoms with van der Waals surface area (Å²) in [6, 6.07) is 14.6. The maximum absolute atomic E-state index is 8.98. The molecule has 1 heterocycles. The highest BCUT2D eigenvalue weighted by Gasteiger charge is 2.22. The lowest BCUT2D eigenvalue weighted by Crippen LogP contribution is -2.27. The minimum Gasteiger partial charge on any atom is -0.493 e. The molecule has 1 atom stereocenters. The molecule has 3 rings (SSSR count). The summed E-state index contributed by atoms with van der Waals surface area (Å²) in [6.07, 6.45) is 0.966. The second-order valence-electron chi connectivity index (χ2n) is 5.88. The number of nitrogens with zero attached hydrogens (tertiary/aromatic N) is 1. The molecule has 3 heteroatoms. The van der Waals surface area contributed by atoms with Gasteiger partial charge < -0.3 is 10.1 Å². The molecule has 22 heavy (non-hydrogen) atoms. The topological polar surface area (TPSA) is 45.0 Å². The number of hydrogen-bond acceptors (Lipinski definition) is 3. The summed E-state index contributed by atoms with van der Waals surface area (Å²) in [5, 5.41) is 12.6. The van der Waals surface area contributed by atoms with E-state index in [9.17, 15) is 0 Å². The molecule has 3 nitrogen and oxygen atoms in total. The molecule has 1 aliphatic rings. The Balaban J connectivity index is 1.79. The molecule has 2 aromatic carbocycles. The Bertz CT molecular complexity index is 731. The molecular formula is C19H20N2O. The average molecular weight is 292 g/mol. The first-order valence-corrected chi connectivity index (χ1v) is 7.64. The van der Waals surface area contributed by atoms with Crippen LogP contribution in [0.25, 0.3) is 0 Å². The van der Waals surface area contributed by atoms with Crippen LogP contribution in [0.3, 0.4) is 0 Å². The standard InChI is InChI=1S/C19H20N2O/c1-13-8-14(2)19-17(9-13)18(6-7-22-19)21-12-16-5-3-4-15(10-16)11-20/h3-5,8-10,18,21H,6-7,12H2,1-2H3/t18-/m1/s1. The quantitative estimate of drug-likeness (QED) is 0.936. The first kappa shape index (κ1) is 14.6. The summed E-state index contributed by atoms with van der Waals surface area (Å²) < 4.78 is 5.84. The molecule has 0 radical (unpaired) electrons. The fourth-order valence-corrected chi connectivity index (χ4v) is 3.08. The number of benzene rings is 2. The largest absolute Gasteiger partial charge is 0.493 e. The molecule has 0 saturated carbocycles. The van der Waals surface area contributed by atoms with Gasteiger partial charge >= 0.3 is 0 Å². The summed E-state index contributed by atoms with van der Waals surface area (Å²) in [4.78, 5) is 0. The van der Waals surface area contributed by atoms with E-state index in [0.29, 0.717) is 11.6 Å². The number of hydrogen-bond donors (Lipinski definition) is 1. The van der Waals surface area contributed by atoms with Crippen molar-refractivity contribution in [2.24, 2.45) is 0 Å². The van der Waals surface area contributed by atoms with E-state index >= 15 is 0 Å². The van der Waals surface area contributed by atoms with Crippen molar-refractivity contribution in [1.82, 2.24) is 5.32 Å². The van der Waals surface area contributed by atoms with E-state index in [-0.39, 0.29) is 0 Å². The lowest BCUT2D eigenvalue weighted by Gasteiger charge is -2.28. The highest BCUT2D eigenvalue weighted by atomic mass is 16.5. The van der Waals surface area contributed by atoms with Crippen LogP contribution in [0.4, 0.5) is 0 Å². The number of nitrogens with one attached hydrogen (secondary N) is 1. The lowest BCUT2D eigenvalue weighted by molar-refractivity contribution is 0.250. The zero-order chi connectivity index (χ0) is 15.5. The van der Waals surface area contributed by atoms with Gasteiger partial charge in [0, 0.05) is 24.6 Å². The Morgan fingerprint density at radius 1 is 1.27 bits per heavy atom. The van der Waals surface area contributed by atoms with Crippen molar-refractivity contribution in [3.63, 3.8) is 0 Å². The fourth-order valence-electron chi connectivity index (χ4n) is 3.08. The summed E-state index contributed by atoms with van der Waals surface area (Å²) in [5.41, 5.74) is 5.56. The number of nitriles is 1. The Kier molecular flexibility index (Phi) is 4.13. The smallest absolute Gasteiger partial charge is 0.126 e. The molecule has 0 saturated heterocycles. The van der Waals surface area contributed by atoms with Crippen molar-refractivity contribution >= 4 is 0 Å². The van der Waals surface area contributed by atoms with Crippen LogP contribution in [0.1, 0.15) is 40.3 Å². The third-order valence-corrected chi connectivity index (χ3v) is 4.08. The van der Waals surface area contributed by atoms with Crippen molar-refractivity contribution in [2.45, 2.75) is 32.9 Å². The second kappa shape index (κ2) is 6.21. The molecule has 0 unspecified atom stereocenters. The molecule has 0 bridgehead atoms. The highest BCUT2D eigenvalue weighted by molar-refractivity contribution is 5.46. The van der Waals surface area contributed by atoms with E-state index in [4.69, 9.17) is 10.00 Å². The maximum atomic E-state index is 8.98. The van der Waals surface area contributed by atoms with Crippen LogP contribution in [0, 0.1) is 25.2 Å². The molecule has 2 aromatic rings. The zero-order valence-corrected chi connectivity index (χ0v) is 13.0.